The molecule has 2 saturated carbocycles. The van der Waals surface area contributed by atoms with Gasteiger partial charge in [-0.25, -0.2) is 0 Å². The van der Waals surface area contributed by atoms with Gasteiger partial charge in [0.25, 0.3) is 5.69 Å². The first-order chi connectivity index (χ1) is 13.0. The summed E-state index contributed by atoms with van der Waals surface area (Å²) in [5, 5.41) is 14.6. The first-order valence-electron chi connectivity index (χ1n) is 9.63. The van der Waals surface area contributed by atoms with Gasteiger partial charge in [0.1, 0.15) is 13.2 Å². The van der Waals surface area contributed by atoms with E-state index in [0.29, 0.717) is 42.1 Å². The lowest BCUT2D eigenvalue weighted by Gasteiger charge is -2.45. The van der Waals surface area contributed by atoms with Gasteiger partial charge in [-0.1, -0.05) is 6.42 Å². The van der Waals surface area contributed by atoms with Crippen molar-refractivity contribution < 1.29 is 19.2 Å². The van der Waals surface area contributed by atoms with E-state index >= 15 is 0 Å². The molecule has 1 amide bonds. The molecule has 1 aliphatic heterocycles. The molecule has 2 bridgehead atoms. The van der Waals surface area contributed by atoms with Gasteiger partial charge in [-0.3, -0.25) is 14.9 Å². The fraction of sp³-hybridized carbons (Fsp3) is 0.632. The summed E-state index contributed by atoms with van der Waals surface area (Å²) < 4.78 is 10.9. The Kier molecular flexibility index (Phi) is 6.30. The summed E-state index contributed by atoms with van der Waals surface area (Å²) in [6, 6.07) is 3.25. The zero-order chi connectivity index (χ0) is 19.0. The maximum Gasteiger partial charge on any atom is 0.277 e. The molecule has 1 aromatic rings. The van der Waals surface area contributed by atoms with Crippen LogP contribution in [-0.4, -0.2) is 36.1 Å². The van der Waals surface area contributed by atoms with Crippen LogP contribution < -0.4 is 20.5 Å². The predicted molar refractivity (Wildman–Crippen MR) is 105 cm³/mol. The second-order valence-electron chi connectivity index (χ2n) is 7.83. The number of nitrogens with one attached hydrogen (secondary N) is 1. The van der Waals surface area contributed by atoms with Crippen molar-refractivity contribution in [1.29, 1.82) is 0 Å². The molecule has 3 N–H and O–H groups in total. The SMILES string of the molecule is Cl.NC1CC2CCCC(C1)C2NC(=O)Cc1cc2c(cc1[N+](=O)[O-])OCCO2. The number of nitrogens with two attached hydrogens (primary N) is 1. The number of halogens is 1. The van der Waals surface area contributed by atoms with Gasteiger partial charge >= 0.3 is 0 Å². The van der Waals surface area contributed by atoms with Crippen LogP contribution in [-0.2, 0) is 11.2 Å². The molecule has 2 atom stereocenters. The van der Waals surface area contributed by atoms with Crippen molar-refractivity contribution in [2.24, 2.45) is 17.6 Å². The zero-order valence-electron chi connectivity index (χ0n) is 15.6. The van der Waals surface area contributed by atoms with Crippen LogP contribution in [0.15, 0.2) is 12.1 Å². The number of carbonyl (C=O) groups excluding carboxylic acids is 1. The highest BCUT2D eigenvalue weighted by Crippen LogP contribution is 2.40. The Balaban J connectivity index is 0.00000225. The van der Waals surface area contributed by atoms with Gasteiger partial charge in [-0.15, -0.1) is 12.4 Å². The first-order valence-corrected chi connectivity index (χ1v) is 9.63. The smallest absolute Gasteiger partial charge is 0.277 e. The number of nitro groups is 1. The summed E-state index contributed by atoms with van der Waals surface area (Å²) in [7, 11) is 0. The minimum atomic E-state index is -0.477. The average Bonchev–Trinajstić information content (AvgIpc) is 2.61. The quantitative estimate of drug-likeness (QED) is 0.580. The fourth-order valence-electron chi connectivity index (χ4n) is 4.87. The Labute approximate surface area is 169 Å². The maximum atomic E-state index is 12.7. The van der Waals surface area contributed by atoms with E-state index in [0.717, 1.165) is 25.7 Å². The summed E-state index contributed by atoms with van der Waals surface area (Å²) in [5.41, 5.74) is 6.38. The first kappa shape index (κ1) is 20.7. The molecule has 1 heterocycles. The molecule has 28 heavy (non-hydrogen) atoms. The maximum absolute atomic E-state index is 12.7. The van der Waals surface area contributed by atoms with E-state index in [2.05, 4.69) is 5.32 Å². The van der Waals surface area contributed by atoms with Crippen LogP contribution >= 0.6 is 12.4 Å². The summed E-state index contributed by atoms with van der Waals surface area (Å²) >= 11 is 0. The van der Waals surface area contributed by atoms with Gasteiger partial charge in [0.2, 0.25) is 5.91 Å². The number of hydrogen-bond donors (Lipinski definition) is 2. The summed E-state index contributed by atoms with van der Waals surface area (Å²) in [6.07, 6.45) is 5.17. The number of ether oxygens (including phenoxy) is 2. The zero-order valence-corrected chi connectivity index (χ0v) is 16.4. The van der Waals surface area contributed by atoms with Gasteiger partial charge in [-0.2, -0.15) is 0 Å². The molecule has 0 aromatic heterocycles. The Hall–Kier alpha value is -2.06. The second kappa shape index (κ2) is 8.53. The molecule has 2 unspecified atom stereocenters. The molecule has 0 spiro atoms. The molecule has 154 valence electrons. The third kappa shape index (κ3) is 4.17. The monoisotopic (exact) mass is 411 g/mol. The topological polar surface area (TPSA) is 117 Å². The summed E-state index contributed by atoms with van der Waals surface area (Å²) in [6.45, 7) is 0.749. The molecule has 8 nitrogen and oxygen atoms in total. The molecule has 4 rings (SSSR count). The van der Waals surface area contributed by atoms with Crippen molar-refractivity contribution in [3.8, 4) is 11.5 Å². The van der Waals surface area contributed by atoms with E-state index < -0.39 is 4.92 Å². The molecule has 0 radical (unpaired) electrons. The summed E-state index contributed by atoms with van der Waals surface area (Å²) in [5.74, 6) is 1.44. The van der Waals surface area contributed by atoms with Gasteiger partial charge in [0, 0.05) is 17.6 Å². The minimum Gasteiger partial charge on any atom is -0.486 e. The highest BCUT2D eigenvalue weighted by Gasteiger charge is 2.40. The number of fused-ring (bicyclic) bond motifs is 3. The predicted octanol–water partition coefficient (Wildman–Crippen LogP) is 2.35. The van der Waals surface area contributed by atoms with E-state index in [1.54, 1.807) is 6.07 Å². The number of amides is 1. The van der Waals surface area contributed by atoms with Gasteiger partial charge < -0.3 is 20.5 Å². The van der Waals surface area contributed by atoms with E-state index in [4.69, 9.17) is 15.2 Å². The Morgan fingerprint density at radius 1 is 1.18 bits per heavy atom. The van der Waals surface area contributed by atoms with Crippen LogP contribution in [0.4, 0.5) is 5.69 Å². The van der Waals surface area contributed by atoms with Crippen LogP contribution in [0.3, 0.4) is 0 Å². The number of rotatable bonds is 4. The number of nitro benzene ring substituents is 1. The van der Waals surface area contributed by atoms with Gasteiger partial charge in [0.05, 0.1) is 17.4 Å². The van der Waals surface area contributed by atoms with Crippen LogP contribution in [0.2, 0.25) is 0 Å². The van der Waals surface area contributed by atoms with Crippen molar-refractivity contribution >= 4 is 24.0 Å². The molecule has 9 heteroatoms. The number of hydrogen-bond acceptors (Lipinski definition) is 6. The van der Waals surface area contributed by atoms with Crippen molar-refractivity contribution in [2.45, 2.75) is 50.6 Å². The number of carbonyl (C=O) groups is 1. The molecule has 0 saturated heterocycles. The van der Waals surface area contributed by atoms with Crippen LogP contribution in [0, 0.1) is 22.0 Å². The van der Waals surface area contributed by atoms with Gasteiger partial charge in [-0.05, 0) is 43.6 Å². The van der Waals surface area contributed by atoms with E-state index in [1.165, 1.54) is 12.5 Å². The third-order valence-electron chi connectivity index (χ3n) is 6.00. The standard InChI is InChI=1S/C19H25N3O5.ClH/c20-14-6-11-2-1-3-12(7-14)19(11)21-18(23)9-13-8-16-17(27-5-4-26-16)10-15(13)22(24)25;/h8,10-12,14,19H,1-7,9,20H2,(H,21,23);1H. The van der Waals surface area contributed by atoms with Crippen molar-refractivity contribution in [2.75, 3.05) is 13.2 Å². The lowest BCUT2D eigenvalue weighted by molar-refractivity contribution is -0.385. The molecule has 2 fully saturated rings. The molecular weight excluding hydrogens is 386 g/mol. The lowest BCUT2D eigenvalue weighted by Crippen LogP contribution is -2.54. The van der Waals surface area contributed by atoms with Crippen molar-refractivity contribution in [3.63, 3.8) is 0 Å². The Bertz CT molecular complexity index is 745. The van der Waals surface area contributed by atoms with Gasteiger partial charge in [0.15, 0.2) is 11.5 Å². The second-order valence-corrected chi connectivity index (χ2v) is 7.83. The van der Waals surface area contributed by atoms with E-state index in [-0.39, 0.29) is 42.5 Å². The van der Waals surface area contributed by atoms with E-state index in [1.807, 2.05) is 0 Å². The largest absolute Gasteiger partial charge is 0.486 e. The lowest BCUT2D eigenvalue weighted by atomic mass is 9.67. The van der Waals surface area contributed by atoms with Crippen LogP contribution in [0.25, 0.3) is 0 Å². The van der Waals surface area contributed by atoms with Crippen LogP contribution in [0.5, 0.6) is 11.5 Å². The Morgan fingerprint density at radius 2 is 1.79 bits per heavy atom. The Morgan fingerprint density at radius 3 is 2.39 bits per heavy atom. The molecular formula is C19H26ClN3O5. The van der Waals surface area contributed by atoms with Crippen molar-refractivity contribution in [3.05, 3.63) is 27.8 Å². The average molecular weight is 412 g/mol. The number of nitrogens with zero attached hydrogens (tertiary/aromatic N) is 1. The fourth-order valence-corrected chi connectivity index (χ4v) is 4.87. The summed E-state index contributed by atoms with van der Waals surface area (Å²) in [4.78, 5) is 23.7. The van der Waals surface area contributed by atoms with Crippen molar-refractivity contribution in [1.82, 2.24) is 5.32 Å². The minimum absolute atomic E-state index is 0. The third-order valence-corrected chi connectivity index (χ3v) is 6.00. The number of benzene rings is 1. The highest BCUT2D eigenvalue weighted by molar-refractivity contribution is 5.85. The molecule has 1 aromatic carbocycles. The van der Waals surface area contributed by atoms with E-state index in [9.17, 15) is 14.9 Å². The van der Waals surface area contributed by atoms with Crippen LogP contribution in [0.1, 0.15) is 37.7 Å². The normalized spacial score (nSPS) is 28.0. The molecule has 3 aliphatic rings. The molecule has 2 aliphatic carbocycles. The highest BCUT2D eigenvalue weighted by atomic mass is 35.5.